The van der Waals surface area contributed by atoms with Crippen molar-refractivity contribution in [3.63, 3.8) is 0 Å². The van der Waals surface area contributed by atoms with Crippen molar-refractivity contribution in [1.29, 1.82) is 0 Å². The molecule has 0 saturated carbocycles. The lowest BCUT2D eigenvalue weighted by molar-refractivity contribution is -0.486. The third kappa shape index (κ3) is 4.63. The number of nitro groups is 1. The number of nitrogens with zero attached hydrogens (tertiary/aromatic N) is 5. The third-order valence-corrected chi connectivity index (χ3v) is 4.40. The van der Waals surface area contributed by atoms with E-state index in [2.05, 4.69) is 16.7 Å². The minimum atomic E-state index is -0.680. The fraction of sp³-hybridized carbons (Fsp3) is 0.538. The van der Waals surface area contributed by atoms with Gasteiger partial charge in [0.05, 0.1) is 13.2 Å². The van der Waals surface area contributed by atoms with E-state index in [1.165, 1.54) is 11.3 Å². The van der Waals surface area contributed by atoms with Crippen molar-refractivity contribution in [1.82, 2.24) is 14.8 Å². The minimum absolute atomic E-state index is 0.276. The highest BCUT2D eigenvalue weighted by Crippen LogP contribution is 2.23. The van der Waals surface area contributed by atoms with Gasteiger partial charge in [0, 0.05) is 24.2 Å². The lowest BCUT2D eigenvalue weighted by Gasteiger charge is -2.27. The summed E-state index contributed by atoms with van der Waals surface area (Å²) in [7, 11) is 0. The molecule has 0 N–H and O–H groups in total. The largest absolute Gasteiger partial charge is 0.354 e. The van der Waals surface area contributed by atoms with Crippen LogP contribution < -0.4 is 0 Å². The molecule has 0 spiro atoms. The van der Waals surface area contributed by atoms with Crippen LogP contribution in [0.25, 0.3) is 0 Å². The summed E-state index contributed by atoms with van der Waals surface area (Å²) < 4.78 is 6.13. The number of hydrogen-bond acceptors (Lipinski definition) is 5. The van der Waals surface area contributed by atoms with Crippen molar-refractivity contribution in [3.8, 4) is 0 Å². The molecule has 2 heterocycles. The normalized spacial score (nSPS) is 17.7. The highest BCUT2D eigenvalue weighted by atomic mass is 35.5. The number of ether oxygens (including phenoxy) is 1. The Morgan fingerprint density at radius 3 is 3.04 bits per heavy atom. The molecular weight excluding hydrogens is 342 g/mol. The fourth-order valence-electron chi connectivity index (χ4n) is 2.38. The van der Waals surface area contributed by atoms with Crippen LogP contribution in [-0.4, -0.2) is 51.7 Å². The Balaban J connectivity index is 2.17. The smallest absolute Gasteiger partial charge is 0.276 e. The highest BCUT2D eigenvalue weighted by Gasteiger charge is 2.34. The molecule has 1 atom stereocenters. The van der Waals surface area contributed by atoms with Crippen molar-refractivity contribution in [2.75, 3.05) is 19.7 Å². The van der Waals surface area contributed by atoms with E-state index in [0.717, 1.165) is 4.88 Å². The first-order valence-electron chi connectivity index (χ1n) is 7.12. The lowest BCUT2D eigenvalue weighted by Crippen LogP contribution is -2.42. The molecule has 126 valence electrons. The van der Waals surface area contributed by atoms with Gasteiger partial charge in [-0.15, -0.1) is 17.9 Å². The van der Waals surface area contributed by atoms with Crippen molar-refractivity contribution in [2.45, 2.75) is 26.1 Å². The van der Waals surface area contributed by atoms with E-state index < -0.39 is 5.03 Å². The molecule has 2 rings (SSSR count). The van der Waals surface area contributed by atoms with Gasteiger partial charge in [0.1, 0.15) is 11.3 Å². The highest BCUT2D eigenvalue weighted by molar-refractivity contribution is 7.15. The summed E-state index contributed by atoms with van der Waals surface area (Å²) in [5.74, 6) is 0.301. The van der Waals surface area contributed by atoms with Gasteiger partial charge in [-0.05, 0) is 6.42 Å². The number of guanidine groups is 1. The van der Waals surface area contributed by atoms with E-state index in [1.54, 1.807) is 12.3 Å². The Labute approximate surface area is 143 Å². The Bertz CT molecular complexity index is 594. The van der Waals surface area contributed by atoms with Crippen LogP contribution in [0.15, 0.2) is 24.0 Å². The molecule has 8 nitrogen and oxygen atoms in total. The zero-order valence-electron chi connectivity index (χ0n) is 12.7. The van der Waals surface area contributed by atoms with Crippen LogP contribution in [0.3, 0.4) is 0 Å². The maximum Gasteiger partial charge on any atom is 0.276 e. The van der Waals surface area contributed by atoms with Crippen molar-refractivity contribution in [3.05, 3.63) is 38.3 Å². The summed E-state index contributed by atoms with van der Waals surface area (Å²) >= 11 is 7.19. The average Bonchev–Trinajstić information content (AvgIpc) is 3.08. The third-order valence-electron chi connectivity index (χ3n) is 3.30. The van der Waals surface area contributed by atoms with Gasteiger partial charge in [-0.3, -0.25) is 0 Å². The number of rotatable bonds is 8. The van der Waals surface area contributed by atoms with Crippen LogP contribution in [0.5, 0.6) is 0 Å². The first-order chi connectivity index (χ1) is 11.0. The zero-order valence-corrected chi connectivity index (χ0v) is 14.3. The van der Waals surface area contributed by atoms with Crippen molar-refractivity contribution in [2.24, 2.45) is 5.10 Å². The predicted octanol–water partition coefficient (Wildman–Crippen LogP) is 2.40. The maximum atomic E-state index is 10.9. The number of hydrazone groups is 1. The van der Waals surface area contributed by atoms with E-state index in [0.29, 0.717) is 43.1 Å². The molecule has 1 saturated heterocycles. The summed E-state index contributed by atoms with van der Waals surface area (Å²) in [6.45, 7) is 7.67. The summed E-state index contributed by atoms with van der Waals surface area (Å²) in [5.41, 5.74) is 0. The molecule has 0 amide bonds. The zero-order chi connectivity index (χ0) is 16.8. The second kappa shape index (κ2) is 8.23. The first-order valence-corrected chi connectivity index (χ1v) is 8.31. The summed E-state index contributed by atoms with van der Waals surface area (Å²) in [5, 5.41) is 13.8. The Morgan fingerprint density at radius 2 is 2.48 bits per heavy atom. The van der Waals surface area contributed by atoms with Crippen LogP contribution in [0.4, 0.5) is 0 Å². The number of thiazole rings is 1. The molecule has 1 aromatic heterocycles. The first kappa shape index (κ1) is 17.6. The molecule has 0 aromatic carbocycles. The van der Waals surface area contributed by atoms with Gasteiger partial charge < -0.3 is 14.5 Å². The lowest BCUT2D eigenvalue weighted by atomic mass is 10.4. The van der Waals surface area contributed by atoms with Crippen LogP contribution >= 0.6 is 22.9 Å². The molecule has 0 radical (unpaired) electrons. The molecule has 1 aliphatic heterocycles. The molecule has 1 aliphatic rings. The Hall–Kier alpha value is -1.71. The van der Waals surface area contributed by atoms with E-state index in [-0.39, 0.29) is 6.23 Å². The van der Waals surface area contributed by atoms with Crippen molar-refractivity contribution >= 4 is 28.9 Å². The molecule has 10 heteroatoms. The SMILES string of the molecule is C=CCOC(CC)N1CCN(Cc2cnc(Cl)s2)C1=N[N+](=O)[O-]. The van der Waals surface area contributed by atoms with Gasteiger partial charge in [0.25, 0.3) is 5.96 Å². The van der Waals surface area contributed by atoms with Gasteiger partial charge in [-0.2, -0.15) is 0 Å². The monoisotopic (exact) mass is 359 g/mol. The topological polar surface area (TPSA) is 84.1 Å². The molecule has 0 aliphatic carbocycles. The van der Waals surface area contributed by atoms with Gasteiger partial charge in [-0.25, -0.2) is 15.1 Å². The quantitative estimate of drug-likeness (QED) is 0.402. The van der Waals surface area contributed by atoms with E-state index in [4.69, 9.17) is 16.3 Å². The molecule has 23 heavy (non-hydrogen) atoms. The van der Waals surface area contributed by atoms with Crippen LogP contribution in [0.1, 0.15) is 18.2 Å². The van der Waals surface area contributed by atoms with Crippen LogP contribution in [0, 0.1) is 10.1 Å². The standard InChI is InChI=1S/C13H18ClN5O3S/c1-3-7-22-11(4-2)18-6-5-17(13(18)16-19(20)21)9-10-8-15-12(14)23-10/h3,8,11H,1,4-7,9H2,2H3. The fourth-order valence-corrected chi connectivity index (χ4v) is 3.37. The van der Waals surface area contributed by atoms with E-state index >= 15 is 0 Å². The van der Waals surface area contributed by atoms with Crippen molar-refractivity contribution < 1.29 is 9.77 Å². The number of halogens is 1. The Kier molecular flexibility index (Phi) is 6.31. The Morgan fingerprint density at radius 1 is 1.70 bits per heavy atom. The minimum Gasteiger partial charge on any atom is -0.354 e. The second-order valence-electron chi connectivity index (χ2n) is 4.82. The summed E-state index contributed by atoms with van der Waals surface area (Å²) in [6, 6.07) is 0. The average molecular weight is 360 g/mol. The van der Waals surface area contributed by atoms with E-state index in [1.807, 2.05) is 16.7 Å². The van der Waals surface area contributed by atoms with Gasteiger partial charge in [-0.1, -0.05) is 24.6 Å². The molecule has 1 aromatic rings. The second-order valence-corrected chi connectivity index (χ2v) is 6.51. The number of aromatic nitrogens is 1. The predicted molar refractivity (Wildman–Crippen MR) is 88.9 cm³/mol. The van der Waals surface area contributed by atoms with Gasteiger partial charge in [0.15, 0.2) is 9.50 Å². The summed E-state index contributed by atoms with van der Waals surface area (Å²) in [4.78, 5) is 19.5. The van der Waals surface area contributed by atoms with Gasteiger partial charge in [0.2, 0.25) is 0 Å². The summed E-state index contributed by atoms with van der Waals surface area (Å²) in [6.07, 6.45) is 3.73. The molecular formula is C13H18ClN5O3S. The molecule has 1 fully saturated rings. The molecule has 0 bridgehead atoms. The van der Waals surface area contributed by atoms with Crippen LogP contribution in [-0.2, 0) is 11.3 Å². The van der Waals surface area contributed by atoms with E-state index in [9.17, 15) is 10.1 Å². The van der Waals surface area contributed by atoms with Crippen LogP contribution in [0.2, 0.25) is 4.47 Å². The number of hydrogen-bond donors (Lipinski definition) is 0. The molecule has 1 unspecified atom stereocenters. The maximum absolute atomic E-state index is 10.9. The van der Waals surface area contributed by atoms with Gasteiger partial charge >= 0.3 is 0 Å².